The van der Waals surface area contributed by atoms with E-state index in [0.717, 1.165) is 11.1 Å². The molecule has 116 valence electrons. The van der Waals surface area contributed by atoms with Gasteiger partial charge in [0, 0.05) is 12.4 Å². The van der Waals surface area contributed by atoms with Gasteiger partial charge < -0.3 is 4.42 Å². The zero-order chi connectivity index (χ0) is 16.1. The number of carbonyl (C=O) groups excluding carboxylic acids is 1. The molecule has 23 heavy (non-hydrogen) atoms. The fourth-order valence-electron chi connectivity index (χ4n) is 2.09. The zero-order valence-electron chi connectivity index (χ0n) is 12.6. The van der Waals surface area contributed by atoms with Crippen molar-refractivity contribution in [3.8, 4) is 0 Å². The number of amides is 1. The standard InChI is InChI=1S/C17H16N4O2/c1-13-5-2-3-6-14(13)11-18-20-17(22)16-8-7-15(23-16)12-21-10-4-9-19-21/h2-11H,12H2,1H3,(H,20,22). The van der Waals surface area contributed by atoms with Gasteiger partial charge in [0.1, 0.15) is 5.76 Å². The Hall–Kier alpha value is -3.15. The fraction of sp³-hybridized carbons (Fsp3) is 0.118. The summed E-state index contributed by atoms with van der Waals surface area (Å²) < 4.78 is 7.22. The van der Waals surface area contributed by atoms with Crippen LogP contribution in [-0.2, 0) is 6.54 Å². The largest absolute Gasteiger partial charge is 0.454 e. The summed E-state index contributed by atoms with van der Waals surface area (Å²) in [5.41, 5.74) is 4.50. The van der Waals surface area contributed by atoms with Crippen molar-refractivity contribution >= 4 is 12.1 Å². The Balaban J connectivity index is 1.60. The van der Waals surface area contributed by atoms with Gasteiger partial charge in [-0.1, -0.05) is 24.3 Å². The molecule has 1 amide bonds. The number of benzene rings is 1. The number of aryl methyl sites for hydroxylation is 1. The number of hydrazone groups is 1. The van der Waals surface area contributed by atoms with Gasteiger partial charge in [0.15, 0.2) is 5.76 Å². The van der Waals surface area contributed by atoms with Gasteiger partial charge in [0.05, 0.1) is 12.8 Å². The van der Waals surface area contributed by atoms with Crippen LogP contribution < -0.4 is 5.43 Å². The Labute approximate surface area is 133 Å². The lowest BCUT2D eigenvalue weighted by atomic mass is 10.1. The molecule has 0 aliphatic rings. The van der Waals surface area contributed by atoms with Crippen molar-refractivity contribution in [1.82, 2.24) is 15.2 Å². The van der Waals surface area contributed by atoms with Crippen LogP contribution in [0.5, 0.6) is 0 Å². The van der Waals surface area contributed by atoms with E-state index in [9.17, 15) is 4.79 Å². The third-order valence-electron chi connectivity index (χ3n) is 3.32. The highest BCUT2D eigenvalue weighted by Crippen LogP contribution is 2.09. The molecule has 6 nitrogen and oxygen atoms in total. The highest BCUT2D eigenvalue weighted by Gasteiger charge is 2.10. The van der Waals surface area contributed by atoms with E-state index in [1.165, 1.54) is 0 Å². The number of furan rings is 1. The molecule has 2 heterocycles. The number of hydrogen-bond acceptors (Lipinski definition) is 4. The Morgan fingerprint density at radius 3 is 2.96 bits per heavy atom. The summed E-state index contributed by atoms with van der Waals surface area (Å²) in [6.45, 7) is 2.46. The average Bonchev–Trinajstić information content (AvgIpc) is 3.21. The molecular weight excluding hydrogens is 292 g/mol. The summed E-state index contributed by atoms with van der Waals surface area (Å²) in [4.78, 5) is 12.0. The molecule has 1 aromatic carbocycles. The van der Waals surface area contributed by atoms with E-state index in [0.29, 0.717) is 12.3 Å². The quantitative estimate of drug-likeness (QED) is 0.581. The lowest BCUT2D eigenvalue weighted by Crippen LogP contribution is -2.16. The Kier molecular flexibility index (Phi) is 4.33. The first-order valence-corrected chi connectivity index (χ1v) is 7.17. The molecule has 0 saturated carbocycles. The molecule has 0 atom stereocenters. The summed E-state index contributed by atoms with van der Waals surface area (Å²) in [6.07, 6.45) is 5.13. The normalized spacial score (nSPS) is 11.0. The van der Waals surface area contributed by atoms with Gasteiger partial charge >= 0.3 is 5.91 Å². The van der Waals surface area contributed by atoms with E-state index in [4.69, 9.17) is 4.42 Å². The summed E-state index contributed by atoms with van der Waals surface area (Å²) in [7, 11) is 0. The fourth-order valence-corrected chi connectivity index (χ4v) is 2.09. The Morgan fingerprint density at radius 2 is 2.17 bits per heavy atom. The van der Waals surface area contributed by atoms with Gasteiger partial charge in [-0.3, -0.25) is 9.48 Å². The molecule has 3 rings (SSSR count). The maximum Gasteiger partial charge on any atom is 0.307 e. The lowest BCUT2D eigenvalue weighted by Gasteiger charge is -1.99. The summed E-state index contributed by atoms with van der Waals surface area (Å²) >= 11 is 0. The zero-order valence-corrected chi connectivity index (χ0v) is 12.6. The van der Waals surface area contributed by atoms with Crippen LogP contribution in [0, 0.1) is 6.92 Å². The number of rotatable bonds is 5. The average molecular weight is 308 g/mol. The van der Waals surface area contributed by atoms with Gasteiger partial charge in [-0.25, -0.2) is 5.43 Å². The molecule has 3 aromatic rings. The molecule has 1 N–H and O–H groups in total. The van der Waals surface area contributed by atoms with Crippen molar-refractivity contribution in [3.05, 3.63) is 77.5 Å². The molecule has 0 aliphatic carbocycles. The summed E-state index contributed by atoms with van der Waals surface area (Å²) in [5.74, 6) is 0.484. The minimum atomic E-state index is -0.387. The first-order valence-electron chi connectivity index (χ1n) is 7.17. The molecule has 0 unspecified atom stereocenters. The van der Waals surface area contributed by atoms with E-state index >= 15 is 0 Å². The Bertz CT molecular complexity index is 819. The predicted molar refractivity (Wildman–Crippen MR) is 86.3 cm³/mol. The number of carbonyl (C=O) groups is 1. The van der Waals surface area contributed by atoms with Crippen LogP contribution in [0.3, 0.4) is 0 Å². The van der Waals surface area contributed by atoms with E-state index in [1.807, 2.05) is 43.5 Å². The topological polar surface area (TPSA) is 72.4 Å². The van der Waals surface area contributed by atoms with Gasteiger partial charge in [-0.2, -0.15) is 10.2 Å². The van der Waals surface area contributed by atoms with Crippen molar-refractivity contribution < 1.29 is 9.21 Å². The summed E-state index contributed by atoms with van der Waals surface area (Å²) in [6, 6.07) is 13.0. The number of nitrogens with zero attached hydrogens (tertiary/aromatic N) is 3. The van der Waals surface area contributed by atoms with Crippen LogP contribution in [-0.4, -0.2) is 21.9 Å². The van der Waals surface area contributed by atoms with Crippen molar-refractivity contribution in [3.63, 3.8) is 0 Å². The van der Waals surface area contributed by atoms with E-state index < -0.39 is 0 Å². The maximum absolute atomic E-state index is 12.0. The first-order chi connectivity index (χ1) is 11.2. The molecule has 6 heteroatoms. The van der Waals surface area contributed by atoms with Crippen LogP contribution in [0.4, 0.5) is 0 Å². The van der Waals surface area contributed by atoms with Crippen LogP contribution in [0.15, 0.2) is 64.4 Å². The smallest absolute Gasteiger partial charge is 0.307 e. The molecule has 0 fully saturated rings. The predicted octanol–water partition coefficient (Wildman–Crippen LogP) is 2.60. The van der Waals surface area contributed by atoms with Crippen molar-refractivity contribution in [2.45, 2.75) is 13.5 Å². The second-order valence-corrected chi connectivity index (χ2v) is 5.03. The van der Waals surface area contributed by atoms with E-state index in [-0.39, 0.29) is 11.7 Å². The monoisotopic (exact) mass is 308 g/mol. The van der Waals surface area contributed by atoms with Gasteiger partial charge in [0.2, 0.25) is 0 Å². The van der Waals surface area contributed by atoms with E-state index in [1.54, 1.807) is 29.2 Å². The van der Waals surface area contributed by atoms with Gasteiger partial charge in [-0.15, -0.1) is 0 Å². The molecular formula is C17H16N4O2. The van der Waals surface area contributed by atoms with Crippen molar-refractivity contribution in [1.29, 1.82) is 0 Å². The SMILES string of the molecule is Cc1ccccc1C=NNC(=O)c1ccc(Cn2cccn2)o1. The van der Waals surface area contributed by atoms with Crippen molar-refractivity contribution in [2.24, 2.45) is 5.10 Å². The molecule has 0 bridgehead atoms. The maximum atomic E-state index is 12.0. The van der Waals surface area contributed by atoms with Crippen LogP contribution >= 0.6 is 0 Å². The highest BCUT2D eigenvalue weighted by atomic mass is 16.4. The molecule has 2 aromatic heterocycles. The van der Waals surface area contributed by atoms with Crippen LogP contribution in [0.2, 0.25) is 0 Å². The lowest BCUT2D eigenvalue weighted by molar-refractivity contribution is 0.0925. The van der Waals surface area contributed by atoms with Crippen molar-refractivity contribution in [2.75, 3.05) is 0 Å². The number of aromatic nitrogens is 2. The minimum absolute atomic E-state index is 0.217. The second kappa shape index (κ2) is 6.74. The molecule has 0 radical (unpaired) electrons. The third-order valence-corrected chi connectivity index (χ3v) is 3.32. The highest BCUT2D eigenvalue weighted by molar-refractivity contribution is 5.92. The van der Waals surface area contributed by atoms with Gasteiger partial charge in [-0.05, 0) is 36.2 Å². The first kappa shape index (κ1) is 14.8. The molecule has 0 aliphatic heterocycles. The number of hydrogen-bond donors (Lipinski definition) is 1. The Morgan fingerprint density at radius 1 is 1.30 bits per heavy atom. The van der Waals surface area contributed by atoms with Crippen LogP contribution in [0.1, 0.15) is 27.4 Å². The summed E-state index contributed by atoms with van der Waals surface area (Å²) in [5, 5.41) is 8.05. The van der Waals surface area contributed by atoms with Crippen LogP contribution in [0.25, 0.3) is 0 Å². The van der Waals surface area contributed by atoms with E-state index in [2.05, 4.69) is 15.6 Å². The number of nitrogens with one attached hydrogen (secondary N) is 1. The molecule has 0 spiro atoms. The minimum Gasteiger partial charge on any atom is -0.454 e. The third kappa shape index (κ3) is 3.74. The van der Waals surface area contributed by atoms with Gasteiger partial charge in [0.25, 0.3) is 0 Å². The second-order valence-electron chi connectivity index (χ2n) is 5.03. The molecule has 0 saturated heterocycles.